The van der Waals surface area contributed by atoms with Crippen molar-refractivity contribution in [3.63, 3.8) is 0 Å². The lowest BCUT2D eigenvalue weighted by Crippen LogP contribution is -2.45. The molecular weight excluding hydrogens is 272 g/mol. The molecule has 6 nitrogen and oxygen atoms in total. The molecule has 0 fully saturated rings. The van der Waals surface area contributed by atoms with Crippen molar-refractivity contribution in [1.29, 1.82) is 0 Å². The molecule has 2 atom stereocenters. The monoisotopic (exact) mass is 292 g/mol. The van der Waals surface area contributed by atoms with Crippen LogP contribution in [-0.4, -0.2) is 28.9 Å². The highest BCUT2D eigenvalue weighted by Gasteiger charge is 2.25. The summed E-state index contributed by atoms with van der Waals surface area (Å²) >= 11 is 0. The van der Waals surface area contributed by atoms with Gasteiger partial charge < -0.3 is 15.7 Å². The quantitative estimate of drug-likeness (QED) is 0.746. The van der Waals surface area contributed by atoms with E-state index in [4.69, 9.17) is 5.11 Å². The van der Waals surface area contributed by atoms with E-state index in [1.54, 1.807) is 19.1 Å². The average Bonchev–Trinajstić information content (AvgIpc) is 2.43. The van der Waals surface area contributed by atoms with Crippen LogP contribution in [0.5, 0.6) is 0 Å². The number of carbonyl (C=O) groups is 3. The largest absolute Gasteiger partial charge is 0.480 e. The second-order valence-corrected chi connectivity index (χ2v) is 4.93. The fraction of sp³-hybridized carbons (Fsp3) is 0.400. The third kappa shape index (κ3) is 4.91. The standard InChI is InChI=1S/C15H20N2O4/c1-4-9(2)13(15(20)21)17-14(19)11-5-7-12(8-6-11)16-10(3)18/h5-9,13H,4H2,1-3H3,(H,16,18)(H,17,19)(H,20,21)/t9-,13+/m0/s1. The maximum atomic E-state index is 12.1. The highest BCUT2D eigenvalue weighted by atomic mass is 16.4. The lowest BCUT2D eigenvalue weighted by Gasteiger charge is -2.20. The Bertz CT molecular complexity index is 525. The van der Waals surface area contributed by atoms with Crippen LogP contribution in [0, 0.1) is 5.92 Å². The molecule has 0 spiro atoms. The van der Waals surface area contributed by atoms with Gasteiger partial charge in [0.2, 0.25) is 5.91 Å². The molecule has 1 aromatic carbocycles. The summed E-state index contributed by atoms with van der Waals surface area (Å²) in [6.07, 6.45) is 0.652. The maximum absolute atomic E-state index is 12.1. The molecule has 0 heterocycles. The van der Waals surface area contributed by atoms with Crippen molar-refractivity contribution in [2.45, 2.75) is 33.2 Å². The average molecular weight is 292 g/mol. The van der Waals surface area contributed by atoms with Gasteiger partial charge in [-0.3, -0.25) is 9.59 Å². The van der Waals surface area contributed by atoms with E-state index in [1.165, 1.54) is 19.1 Å². The lowest BCUT2D eigenvalue weighted by molar-refractivity contribution is -0.140. The lowest BCUT2D eigenvalue weighted by atomic mass is 9.99. The zero-order chi connectivity index (χ0) is 16.0. The van der Waals surface area contributed by atoms with Crippen molar-refractivity contribution >= 4 is 23.5 Å². The first-order valence-electron chi connectivity index (χ1n) is 6.76. The van der Waals surface area contributed by atoms with Gasteiger partial charge >= 0.3 is 5.97 Å². The predicted octanol–water partition coefficient (Wildman–Crippen LogP) is 1.87. The highest BCUT2D eigenvalue weighted by molar-refractivity contribution is 5.97. The molecule has 0 bridgehead atoms. The van der Waals surface area contributed by atoms with Crippen molar-refractivity contribution < 1.29 is 19.5 Å². The summed E-state index contributed by atoms with van der Waals surface area (Å²) in [7, 11) is 0. The SMILES string of the molecule is CC[C@H](C)[C@@H](NC(=O)c1ccc(NC(C)=O)cc1)C(=O)O. The smallest absolute Gasteiger partial charge is 0.326 e. The van der Waals surface area contributed by atoms with Crippen LogP contribution >= 0.6 is 0 Å². The Morgan fingerprint density at radius 2 is 1.76 bits per heavy atom. The molecule has 6 heteroatoms. The molecule has 0 aliphatic rings. The van der Waals surface area contributed by atoms with Gasteiger partial charge in [-0.05, 0) is 30.2 Å². The van der Waals surface area contributed by atoms with Crippen LogP contribution in [0.15, 0.2) is 24.3 Å². The van der Waals surface area contributed by atoms with E-state index in [0.29, 0.717) is 17.7 Å². The molecule has 2 amide bonds. The fourth-order valence-electron chi connectivity index (χ4n) is 1.82. The van der Waals surface area contributed by atoms with Crippen LogP contribution in [0.25, 0.3) is 0 Å². The van der Waals surface area contributed by atoms with E-state index >= 15 is 0 Å². The number of carbonyl (C=O) groups excluding carboxylic acids is 2. The number of rotatable bonds is 6. The molecule has 0 saturated heterocycles. The number of carboxylic acid groups (broad SMARTS) is 1. The Hall–Kier alpha value is -2.37. The highest BCUT2D eigenvalue weighted by Crippen LogP contribution is 2.12. The van der Waals surface area contributed by atoms with Gasteiger partial charge in [0.05, 0.1) is 0 Å². The van der Waals surface area contributed by atoms with Gasteiger partial charge in [-0.25, -0.2) is 4.79 Å². The number of hydrogen-bond donors (Lipinski definition) is 3. The fourth-order valence-corrected chi connectivity index (χ4v) is 1.82. The van der Waals surface area contributed by atoms with Crippen LogP contribution in [0.1, 0.15) is 37.6 Å². The van der Waals surface area contributed by atoms with E-state index in [2.05, 4.69) is 10.6 Å². The van der Waals surface area contributed by atoms with E-state index in [0.717, 1.165) is 0 Å². The van der Waals surface area contributed by atoms with Crippen LogP contribution in [0.2, 0.25) is 0 Å². The van der Waals surface area contributed by atoms with Crippen molar-refractivity contribution in [3.05, 3.63) is 29.8 Å². The predicted molar refractivity (Wildman–Crippen MR) is 79.1 cm³/mol. The summed E-state index contributed by atoms with van der Waals surface area (Å²) in [6, 6.07) is 5.34. The third-order valence-corrected chi connectivity index (χ3v) is 3.23. The van der Waals surface area contributed by atoms with E-state index in [9.17, 15) is 14.4 Å². The molecule has 0 saturated carbocycles. The van der Waals surface area contributed by atoms with Crippen LogP contribution in [0.4, 0.5) is 5.69 Å². The number of anilines is 1. The molecule has 0 radical (unpaired) electrons. The Balaban J connectivity index is 2.78. The summed E-state index contributed by atoms with van der Waals surface area (Å²) in [5, 5.41) is 14.3. The molecule has 114 valence electrons. The molecule has 0 unspecified atom stereocenters. The first kappa shape index (κ1) is 16.7. The number of aliphatic carboxylic acids is 1. The normalized spacial score (nSPS) is 13.1. The second-order valence-electron chi connectivity index (χ2n) is 4.93. The Morgan fingerprint density at radius 1 is 1.19 bits per heavy atom. The number of amides is 2. The Kier molecular flexibility index (Phi) is 5.90. The van der Waals surface area contributed by atoms with E-state index in [-0.39, 0.29) is 11.8 Å². The molecule has 1 rings (SSSR count). The van der Waals surface area contributed by atoms with Gasteiger partial charge in [0.25, 0.3) is 5.91 Å². The molecule has 3 N–H and O–H groups in total. The first-order valence-corrected chi connectivity index (χ1v) is 6.76. The van der Waals surface area contributed by atoms with E-state index in [1.807, 2.05) is 6.92 Å². The Labute approximate surface area is 123 Å². The second kappa shape index (κ2) is 7.42. The summed E-state index contributed by atoms with van der Waals surface area (Å²) in [4.78, 5) is 34.1. The number of nitrogens with one attached hydrogen (secondary N) is 2. The molecule has 1 aromatic rings. The third-order valence-electron chi connectivity index (χ3n) is 3.23. The zero-order valence-electron chi connectivity index (χ0n) is 12.3. The maximum Gasteiger partial charge on any atom is 0.326 e. The van der Waals surface area contributed by atoms with Gasteiger partial charge in [-0.1, -0.05) is 20.3 Å². The van der Waals surface area contributed by atoms with Crippen molar-refractivity contribution in [3.8, 4) is 0 Å². The van der Waals surface area contributed by atoms with Crippen LogP contribution < -0.4 is 10.6 Å². The summed E-state index contributed by atoms with van der Waals surface area (Å²) in [5.41, 5.74) is 0.925. The van der Waals surface area contributed by atoms with Crippen LogP contribution in [-0.2, 0) is 9.59 Å². The molecule has 0 aliphatic heterocycles. The van der Waals surface area contributed by atoms with Crippen molar-refractivity contribution in [2.24, 2.45) is 5.92 Å². The summed E-state index contributed by atoms with van der Waals surface area (Å²) in [6.45, 7) is 5.04. The molecular formula is C15H20N2O4. The van der Waals surface area contributed by atoms with Crippen LogP contribution in [0.3, 0.4) is 0 Å². The molecule has 21 heavy (non-hydrogen) atoms. The van der Waals surface area contributed by atoms with Gasteiger partial charge in [-0.2, -0.15) is 0 Å². The van der Waals surface area contributed by atoms with Gasteiger partial charge in [0.15, 0.2) is 0 Å². The summed E-state index contributed by atoms with van der Waals surface area (Å²) < 4.78 is 0. The van der Waals surface area contributed by atoms with Gasteiger partial charge in [0, 0.05) is 18.2 Å². The van der Waals surface area contributed by atoms with Gasteiger partial charge in [-0.15, -0.1) is 0 Å². The number of hydrogen-bond acceptors (Lipinski definition) is 3. The van der Waals surface area contributed by atoms with E-state index < -0.39 is 17.9 Å². The number of carboxylic acids is 1. The Morgan fingerprint density at radius 3 is 2.19 bits per heavy atom. The van der Waals surface area contributed by atoms with Crippen molar-refractivity contribution in [2.75, 3.05) is 5.32 Å². The summed E-state index contributed by atoms with van der Waals surface area (Å²) in [5.74, 6) is -1.86. The minimum atomic E-state index is -1.05. The topological polar surface area (TPSA) is 95.5 Å². The first-order chi connectivity index (χ1) is 9.85. The molecule has 0 aromatic heterocycles. The zero-order valence-corrected chi connectivity index (χ0v) is 12.3. The minimum absolute atomic E-state index is 0.162. The van der Waals surface area contributed by atoms with Gasteiger partial charge in [0.1, 0.15) is 6.04 Å². The molecule has 0 aliphatic carbocycles. The number of benzene rings is 1. The minimum Gasteiger partial charge on any atom is -0.480 e. The van der Waals surface area contributed by atoms with Crippen molar-refractivity contribution in [1.82, 2.24) is 5.32 Å².